The van der Waals surface area contributed by atoms with Crippen LogP contribution < -0.4 is 99.2 Å². The Morgan fingerprint density at radius 2 is 1.27 bits per heavy atom. The van der Waals surface area contributed by atoms with E-state index in [1.54, 1.807) is 0 Å². The second-order valence-electron chi connectivity index (χ2n) is 2.54. The molecule has 0 saturated heterocycles. The minimum atomic E-state index is -4.88. The van der Waals surface area contributed by atoms with Crippen LogP contribution in [-0.4, -0.2) is 32.8 Å². The molecule has 0 aromatic heterocycles. The topological polar surface area (TPSA) is 168 Å². The Kier molecular flexibility index (Phi) is 33.3. The summed E-state index contributed by atoms with van der Waals surface area (Å²) in [6.07, 6.45) is 0. The first kappa shape index (κ1) is 32.9. The van der Waals surface area contributed by atoms with Crippen LogP contribution in [0.2, 0.25) is 0 Å². The van der Waals surface area contributed by atoms with Gasteiger partial charge in [0.2, 0.25) is 10.4 Å². The molecule has 0 saturated carbocycles. The van der Waals surface area contributed by atoms with Crippen LogP contribution in [0.5, 0.6) is 0 Å². The Balaban J connectivity index is -0.000000540. The van der Waals surface area contributed by atoms with E-state index in [1.807, 2.05) is 0 Å². The molecule has 0 unspecified atom stereocenters. The maximum Gasteiger partial charge on any atom is 1.00 e. The van der Waals surface area contributed by atoms with Crippen molar-refractivity contribution in [1.82, 2.24) is 0 Å². The van der Waals surface area contributed by atoms with E-state index in [9.17, 15) is 23.5 Å². The van der Waals surface area contributed by atoms with Crippen LogP contribution in [0.3, 0.4) is 0 Å². The predicted molar refractivity (Wildman–Crippen MR) is 50.6 cm³/mol. The van der Waals surface area contributed by atoms with Crippen molar-refractivity contribution in [1.29, 1.82) is 0 Å². The van der Waals surface area contributed by atoms with Gasteiger partial charge in [0.25, 0.3) is 0 Å². The van der Waals surface area contributed by atoms with Crippen LogP contribution >= 0.6 is 24.6 Å². The summed E-state index contributed by atoms with van der Waals surface area (Å²) in [5.41, 5.74) is 0. The fourth-order valence-corrected chi connectivity index (χ4v) is 1.61. The summed E-state index contributed by atoms with van der Waals surface area (Å²) in [6.45, 7) is -1.03. The Morgan fingerprint density at radius 3 is 1.59 bits per heavy atom. The van der Waals surface area contributed by atoms with Crippen molar-refractivity contribution < 1.29 is 143 Å². The Bertz CT molecular complexity index is 294. The smallest absolute Gasteiger partial charge is 0.726 e. The van der Waals surface area contributed by atoms with Crippen LogP contribution in [0.25, 0.3) is 0 Å². The van der Waals surface area contributed by atoms with Gasteiger partial charge in [-0.05, 0) is 0 Å². The van der Waals surface area contributed by atoms with Gasteiger partial charge in [0.05, 0.1) is 19.8 Å². The van der Waals surface area contributed by atoms with Gasteiger partial charge in [-0.3, -0.25) is 22.6 Å². The first-order chi connectivity index (χ1) is 8.99. The van der Waals surface area contributed by atoms with E-state index in [1.165, 1.54) is 0 Å². The van der Waals surface area contributed by atoms with Gasteiger partial charge < -0.3 is 15.1 Å². The average Bonchev–Trinajstić information content (AvgIpc) is 2.34. The molecule has 0 bridgehead atoms. The second kappa shape index (κ2) is 22.3. The first-order valence-corrected chi connectivity index (χ1v) is 6.76. The zero-order valence-electron chi connectivity index (χ0n) is 11.8. The molecule has 0 fully saturated rings. The van der Waals surface area contributed by atoms with Crippen LogP contribution in [0, 0.1) is 5.92 Å². The van der Waals surface area contributed by atoms with Gasteiger partial charge in [-0.15, -0.1) is 8.67 Å². The molecule has 0 aromatic rings. The average molecular weight is 412 g/mol. The van der Waals surface area contributed by atoms with E-state index in [2.05, 4.69) is 31.3 Å². The standard InChI is InChI=1S/C4H10O12S3.3Na/c5-13-15-17-10-1-4(2-11-18-16-14-6)3-12-19(7,8)9;;;/h4-6H,1-3H2,(H,7,8,9);;;/q;3*+1/p-3. The molecule has 0 N–H and O–H groups in total. The third-order valence-corrected chi connectivity index (χ3v) is 2.37. The number of rotatable bonds is 13. The van der Waals surface area contributed by atoms with Gasteiger partial charge in [-0.1, -0.05) is 0 Å². The zero-order valence-corrected chi connectivity index (χ0v) is 20.3. The van der Waals surface area contributed by atoms with E-state index >= 15 is 0 Å². The van der Waals surface area contributed by atoms with Gasteiger partial charge in [-0.25, -0.2) is 8.42 Å². The van der Waals surface area contributed by atoms with Crippen LogP contribution in [0.4, 0.5) is 0 Å². The van der Waals surface area contributed by atoms with Gasteiger partial charge in [-0.2, -0.15) is 0 Å². The van der Waals surface area contributed by atoms with Crippen molar-refractivity contribution in [3.05, 3.63) is 0 Å². The molecule has 12 nitrogen and oxygen atoms in total. The number of hydrogen-bond acceptors (Lipinski definition) is 14. The van der Waals surface area contributed by atoms with Crippen molar-refractivity contribution in [2.24, 2.45) is 5.92 Å². The number of hydrogen-bond donors (Lipinski definition) is 0. The summed E-state index contributed by atoms with van der Waals surface area (Å²) in [7, 11) is -4.88. The van der Waals surface area contributed by atoms with Crippen molar-refractivity contribution in [3.8, 4) is 0 Å². The summed E-state index contributed by atoms with van der Waals surface area (Å²) >= 11 is 0.345. The fourth-order valence-electron chi connectivity index (χ4n) is 0.634. The molecule has 22 heavy (non-hydrogen) atoms. The normalized spacial score (nSPS) is 10.5. The molecule has 0 aromatic carbocycles. The summed E-state index contributed by atoms with van der Waals surface area (Å²) in [5.74, 6) is -0.755. The Hall–Kier alpha value is 3.25. The van der Waals surface area contributed by atoms with Crippen molar-refractivity contribution in [2.45, 2.75) is 0 Å². The molecular formula is C4H7Na3O12S3. The predicted octanol–water partition coefficient (Wildman–Crippen LogP) is -11.3. The molecular weight excluding hydrogens is 405 g/mol. The molecule has 18 heteroatoms. The molecule has 0 aliphatic carbocycles. The van der Waals surface area contributed by atoms with Crippen LogP contribution in [0.15, 0.2) is 0 Å². The van der Waals surface area contributed by atoms with Crippen molar-refractivity contribution >= 4 is 35.0 Å². The van der Waals surface area contributed by atoms with Crippen LogP contribution in [0.1, 0.15) is 0 Å². The third kappa shape index (κ3) is 25.5. The third-order valence-electron chi connectivity index (χ3n) is 1.26. The molecule has 0 atom stereocenters. The molecule has 0 aliphatic rings. The molecule has 0 heterocycles. The maximum atomic E-state index is 10.2. The summed E-state index contributed by atoms with van der Waals surface area (Å²) in [4.78, 5) is 0. The van der Waals surface area contributed by atoms with Gasteiger partial charge in [0, 0.05) is 5.92 Å². The van der Waals surface area contributed by atoms with E-state index in [-0.39, 0.29) is 127 Å². The second-order valence-corrected chi connectivity index (χ2v) is 4.60. The van der Waals surface area contributed by atoms with Crippen molar-refractivity contribution in [2.75, 3.05) is 19.8 Å². The van der Waals surface area contributed by atoms with Gasteiger partial charge in [0.1, 0.15) is 0 Å². The molecule has 0 radical (unpaired) electrons. The maximum absolute atomic E-state index is 10.2. The van der Waals surface area contributed by atoms with Crippen LogP contribution in [-0.2, 0) is 41.7 Å². The quantitative estimate of drug-likeness (QED) is 0.0531. The van der Waals surface area contributed by atoms with E-state index in [0.717, 1.165) is 0 Å². The molecule has 0 rings (SSSR count). The Morgan fingerprint density at radius 1 is 0.864 bits per heavy atom. The van der Waals surface area contributed by atoms with Crippen molar-refractivity contribution in [3.63, 3.8) is 0 Å². The fraction of sp³-hybridized carbons (Fsp3) is 1.00. The Labute approximate surface area is 201 Å². The largest absolute Gasteiger partial charge is 1.00 e. The zero-order chi connectivity index (χ0) is 14.6. The van der Waals surface area contributed by atoms with Gasteiger partial charge in [0.15, 0.2) is 24.6 Å². The van der Waals surface area contributed by atoms with E-state index < -0.39 is 22.9 Å². The van der Waals surface area contributed by atoms with Gasteiger partial charge >= 0.3 is 88.7 Å². The molecule has 116 valence electrons. The summed E-state index contributed by atoms with van der Waals surface area (Å²) < 4.78 is 51.5. The summed E-state index contributed by atoms with van der Waals surface area (Å²) in [6, 6.07) is 0. The van der Waals surface area contributed by atoms with E-state index in [4.69, 9.17) is 0 Å². The first-order valence-electron chi connectivity index (χ1n) is 4.09. The minimum Gasteiger partial charge on any atom is -0.726 e. The monoisotopic (exact) mass is 412 g/mol. The summed E-state index contributed by atoms with van der Waals surface area (Å²) in [5, 5.41) is 24.7. The SMILES string of the molecule is O=S(=O)([O-])OCC(COSOO[O-])COSOO[O-].[Na+].[Na+].[Na+]. The molecule has 0 aliphatic heterocycles. The van der Waals surface area contributed by atoms with E-state index in [0.29, 0.717) is 0 Å². The molecule has 0 spiro atoms. The molecule has 0 amide bonds. The minimum absolute atomic E-state index is 0.